The third kappa shape index (κ3) is 5.03. The molecule has 0 bridgehead atoms. The van der Waals surface area contributed by atoms with Crippen LogP contribution in [0.15, 0.2) is 67.0 Å². The van der Waals surface area contributed by atoms with E-state index in [0.717, 1.165) is 24.9 Å². The molecule has 1 spiro atoms. The lowest BCUT2D eigenvalue weighted by atomic mass is 9.77. The molecule has 0 aliphatic carbocycles. The average Bonchev–Trinajstić information content (AvgIpc) is 3.63. The monoisotopic (exact) mass is 533 g/mol. The molecule has 5 rings (SSSR count). The maximum atomic E-state index is 13.4. The minimum Gasteiger partial charge on any atom is -0.493 e. The quantitative estimate of drug-likeness (QED) is 0.402. The van der Waals surface area contributed by atoms with E-state index in [0.29, 0.717) is 53.8 Å². The molecule has 0 N–H and O–H groups in total. The number of methoxy groups -OCH3 is 2. The first-order valence-corrected chi connectivity index (χ1v) is 13.2. The molecule has 0 saturated carbocycles. The highest BCUT2D eigenvalue weighted by Crippen LogP contribution is 2.41. The Hall–Kier alpha value is -3.71. The molecule has 0 radical (unpaired) electrons. The van der Waals surface area contributed by atoms with Crippen LogP contribution in [0, 0.1) is 5.41 Å². The lowest BCUT2D eigenvalue weighted by molar-refractivity contribution is -0.125. The van der Waals surface area contributed by atoms with Crippen LogP contribution in [0.3, 0.4) is 0 Å². The molecule has 2 aromatic carbocycles. The standard InChI is InChI=1S/C30H32ClN3O4/c1-37-25-11-9-22(27(31)28(25)38-2)10-12-26(35)34-20-15-30(21-34)13-18-33(19-14-30)29(36)23-7-3-4-8-24(23)32-16-5-6-17-32/h3-12,16-17H,13-15,18-21H2,1-2H3/b12-10+. The van der Waals surface area contributed by atoms with E-state index in [1.807, 2.05) is 63.2 Å². The molecule has 0 atom stereocenters. The van der Waals surface area contributed by atoms with Crippen molar-refractivity contribution in [1.29, 1.82) is 0 Å². The summed E-state index contributed by atoms with van der Waals surface area (Å²) in [6.07, 6.45) is 9.93. The van der Waals surface area contributed by atoms with Gasteiger partial charge in [-0.05, 0) is 72.7 Å². The SMILES string of the molecule is COc1ccc(/C=C/C(=O)N2CCC3(CCN(C(=O)c4ccccc4-n4cccc4)CC3)C2)c(Cl)c1OC. The number of piperidine rings is 1. The van der Waals surface area contributed by atoms with E-state index in [1.54, 1.807) is 31.4 Å². The van der Waals surface area contributed by atoms with Crippen molar-refractivity contribution in [2.24, 2.45) is 5.41 Å². The van der Waals surface area contributed by atoms with Crippen molar-refractivity contribution in [3.8, 4) is 17.2 Å². The van der Waals surface area contributed by atoms with Crippen LogP contribution in [0.5, 0.6) is 11.5 Å². The van der Waals surface area contributed by atoms with Gasteiger partial charge in [0.15, 0.2) is 11.5 Å². The Morgan fingerprint density at radius 2 is 1.58 bits per heavy atom. The van der Waals surface area contributed by atoms with Crippen LogP contribution in [0.2, 0.25) is 5.02 Å². The van der Waals surface area contributed by atoms with E-state index >= 15 is 0 Å². The Kier molecular flexibility index (Phi) is 7.47. The average molecular weight is 534 g/mol. The Balaban J connectivity index is 1.21. The number of carbonyl (C=O) groups is 2. The zero-order valence-corrected chi connectivity index (χ0v) is 22.5. The number of likely N-dealkylation sites (tertiary alicyclic amines) is 2. The highest BCUT2D eigenvalue weighted by atomic mass is 35.5. The van der Waals surface area contributed by atoms with E-state index in [1.165, 1.54) is 7.11 Å². The van der Waals surface area contributed by atoms with E-state index in [2.05, 4.69) is 0 Å². The molecule has 0 unspecified atom stereocenters. The van der Waals surface area contributed by atoms with Crippen molar-refractivity contribution in [3.63, 3.8) is 0 Å². The first-order valence-electron chi connectivity index (χ1n) is 12.8. The summed E-state index contributed by atoms with van der Waals surface area (Å²) in [4.78, 5) is 30.3. The topological polar surface area (TPSA) is 64.0 Å². The molecular weight excluding hydrogens is 502 g/mol. The van der Waals surface area contributed by atoms with Crippen LogP contribution >= 0.6 is 11.6 Å². The molecule has 2 aliphatic heterocycles. The zero-order chi connectivity index (χ0) is 26.7. The van der Waals surface area contributed by atoms with E-state index in [9.17, 15) is 9.59 Å². The number of aromatic nitrogens is 1. The number of nitrogens with zero attached hydrogens (tertiary/aromatic N) is 3. The van der Waals surface area contributed by atoms with E-state index in [-0.39, 0.29) is 17.2 Å². The first-order chi connectivity index (χ1) is 18.4. The van der Waals surface area contributed by atoms with Gasteiger partial charge in [-0.25, -0.2) is 0 Å². The Bertz CT molecular complexity index is 1340. The number of halogens is 1. The normalized spacial score (nSPS) is 16.8. The number of amides is 2. The third-order valence-electron chi connectivity index (χ3n) is 7.80. The lowest BCUT2D eigenvalue weighted by Gasteiger charge is -2.39. The minimum absolute atomic E-state index is 0.0353. The first kappa shape index (κ1) is 25.9. The molecule has 38 heavy (non-hydrogen) atoms. The second-order valence-corrected chi connectivity index (χ2v) is 10.3. The summed E-state index contributed by atoms with van der Waals surface area (Å²) < 4.78 is 12.6. The zero-order valence-electron chi connectivity index (χ0n) is 21.7. The van der Waals surface area contributed by atoms with Crippen molar-refractivity contribution < 1.29 is 19.1 Å². The van der Waals surface area contributed by atoms with Crippen molar-refractivity contribution in [3.05, 3.63) is 83.2 Å². The van der Waals surface area contributed by atoms with Crippen molar-refractivity contribution in [1.82, 2.24) is 14.4 Å². The molecule has 8 heteroatoms. The van der Waals surface area contributed by atoms with Gasteiger partial charge in [0.05, 0.1) is 30.5 Å². The van der Waals surface area contributed by atoms with Gasteiger partial charge in [-0.15, -0.1) is 0 Å². The van der Waals surface area contributed by atoms with Gasteiger partial charge in [0.25, 0.3) is 5.91 Å². The van der Waals surface area contributed by atoms with E-state index in [4.69, 9.17) is 21.1 Å². The van der Waals surface area contributed by atoms with Gasteiger partial charge in [0.1, 0.15) is 0 Å². The molecule has 198 valence electrons. The fourth-order valence-corrected chi connectivity index (χ4v) is 5.86. The van der Waals surface area contributed by atoms with Gasteiger partial charge < -0.3 is 23.8 Å². The van der Waals surface area contributed by atoms with Crippen molar-refractivity contribution in [2.45, 2.75) is 19.3 Å². The Morgan fingerprint density at radius 3 is 2.26 bits per heavy atom. The minimum atomic E-state index is -0.0353. The van der Waals surface area contributed by atoms with Gasteiger partial charge in [0, 0.05) is 44.6 Å². The molecule has 2 amide bonds. The summed E-state index contributed by atoms with van der Waals surface area (Å²) >= 11 is 6.46. The Morgan fingerprint density at radius 1 is 0.895 bits per heavy atom. The van der Waals surface area contributed by atoms with Crippen molar-refractivity contribution >= 4 is 29.5 Å². The molecule has 2 aliphatic rings. The fraction of sp³-hybridized carbons (Fsp3) is 0.333. The summed E-state index contributed by atoms with van der Waals surface area (Å²) in [7, 11) is 3.09. The van der Waals surface area contributed by atoms with Gasteiger partial charge in [-0.3, -0.25) is 9.59 Å². The predicted octanol–water partition coefficient (Wildman–Crippen LogP) is 5.32. The predicted molar refractivity (Wildman–Crippen MR) is 148 cm³/mol. The largest absolute Gasteiger partial charge is 0.493 e. The van der Waals surface area contributed by atoms with Crippen LogP contribution in [-0.4, -0.2) is 66.6 Å². The number of para-hydroxylation sites is 1. The smallest absolute Gasteiger partial charge is 0.255 e. The van der Waals surface area contributed by atoms with Crippen LogP contribution < -0.4 is 9.47 Å². The second-order valence-electron chi connectivity index (χ2n) is 9.95. The van der Waals surface area contributed by atoms with Gasteiger partial charge in [0.2, 0.25) is 5.91 Å². The van der Waals surface area contributed by atoms with Crippen LogP contribution in [0.25, 0.3) is 11.8 Å². The molecule has 2 saturated heterocycles. The molecule has 7 nitrogen and oxygen atoms in total. The summed E-state index contributed by atoms with van der Waals surface area (Å²) in [6.45, 7) is 2.81. The second kappa shape index (κ2) is 11.0. The number of rotatable bonds is 6. The number of benzene rings is 2. The number of hydrogen-bond donors (Lipinski definition) is 0. The lowest BCUT2D eigenvalue weighted by Crippen LogP contribution is -2.44. The molecule has 3 heterocycles. The summed E-state index contributed by atoms with van der Waals surface area (Å²) in [5.41, 5.74) is 2.35. The Labute approximate surface area is 228 Å². The van der Waals surface area contributed by atoms with Crippen molar-refractivity contribution in [2.75, 3.05) is 40.4 Å². The molecule has 2 fully saturated rings. The highest BCUT2D eigenvalue weighted by Gasteiger charge is 2.42. The van der Waals surface area contributed by atoms with Crippen LogP contribution in [0.4, 0.5) is 0 Å². The van der Waals surface area contributed by atoms with Gasteiger partial charge >= 0.3 is 0 Å². The fourth-order valence-electron chi connectivity index (χ4n) is 5.56. The van der Waals surface area contributed by atoms with Crippen LogP contribution in [0.1, 0.15) is 35.2 Å². The highest BCUT2D eigenvalue weighted by molar-refractivity contribution is 6.33. The summed E-state index contributed by atoms with van der Waals surface area (Å²) in [5, 5.41) is 0.407. The number of carbonyl (C=O) groups excluding carboxylic acids is 2. The van der Waals surface area contributed by atoms with Crippen LogP contribution in [-0.2, 0) is 4.79 Å². The molecular formula is C30H32ClN3O4. The van der Waals surface area contributed by atoms with E-state index < -0.39 is 0 Å². The third-order valence-corrected chi connectivity index (χ3v) is 8.19. The summed E-state index contributed by atoms with van der Waals surface area (Å²) in [5.74, 6) is 1.01. The maximum Gasteiger partial charge on any atom is 0.255 e. The molecule has 1 aromatic heterocycles. The number of hydrogen-bond acceptors (Lipinski definition) is 4. The van der Waals surface area contributed by atoms with Gasteiger partial charge in [-0.1, -0.05) is 23.7 Å². The summed E-state index contributed by atoms with van der Waals surface area (Å²) in [6, 6.07) is 15.2. The van der Waals surface area contributed by atoms with Gasteiger partial charge in [-0.2, -0.15) is 0 Å². The maximum absolute atomic E-state index is 13.4. The number of ether oxygens (including phenoxy) is 2. The molecule has 3 aromatic rings.